The van der Waals surface area contributed by atoms with Gasteiger partial charge in [0.15, 0.2) is 0 Å². The van der Waals surface area contributed by atoms with Crippen molar-refractivity contribution in [2.45, 2.75) is 12.4 Å². The van der Waals surface area contributed by atoms with Gasteiger partial charge in [0.1, 0.15) is 5.50 Å². The molecule has 2 aliphatic rings. The predicted molar refractivity (Wildman–Crippen MR) is 70.7 cm³/mol. The van der Waals surface area contributed by atoms with Gasteiger partial charge in [-0.2, -0.15) is 0 Å². The van der Waals surface area contributed by atoms with E-state index >= 15 is 0 Å². The monoisotopic (exact) mass is 275 g/mol. The van der Waals surface area contributed by atoms with Gasteiger partial charge < -0.3 is 9.64 Å². The zero-order chi connectivity index (χ0) is 13.0. The van der Waals surface area contributed by atoms with Gasteiger partial charge in [0, 0.05) is 46.2 Å². The summed E-state index contributed by atoms with van der Waals surface area (Å²) in [6.45, 7) is 9.62. The van der Waals surface area contributed by atoms with Gasteiger partial charge in [0.05, 0.1) is 19.8 Å². The second-order valence-electron chi connectivity index (χ2n) is 4.89. The molecule has 0 aromatic rings. The number of carbonyl (C=O) groups excluding carboxylic acids is 1. The lowest BCUT2D eigenvalue weighted by molar-refractivity contribution is -0.131. The van der Waals surface area contributed by atoms with Crippen LogP contribution >= 0.6 is 11.6 Å². The van der Waals surface area contributed by atoms with Crippen LogP contribution < -0.4 is 0 Å². The summed E-state index contributed by atoms with van der Waals surface area (Å²) in [5, 5.41) is 0. The van der Waals surface area contributed by atoms with E-state index < -0.39 is 0 Å². The summed E-state index contributed by atoms with van der Waals surface area (Å²) in [7, 11) is 0. The number of hydrogen-bond acceptors (Lipinski definition) is 4. The number of alkyl halides is 1. The first kappa shape index (κ1) is 14.1. The van der Waals surface area contributed by atoms with Crippen LogP contribution in [0.3, 0.4) is 0 Å². The second kappa shape index (κ2) is 6.70. The van der Waals surface area contributed by atoms with E-state index in [2.05, 4.69) is 9.80 Å². The van der Waals surface area contributed by atoms with Crippen molar-refractivity contribution in [1.82, 2.24) is 14.7 Å². The molecule has 2 heterocycles. The fourth-order valence-corrected chi connectivity index (χ4v) is 2.77. The number of ether oxygens (including phenoxy) is 1. The summed E-state index contributed by atoms with van der Waals surface area (Å²) >= 11 is 6.33. The van der Waals surface area contributed by atoms with Gasteiger partial charge in [-0.25, -0.2) is 0 Å². The van der Waals surface area contributed by atoms with Crippen LogP contribution in [-0.2, 0) is 9.53 Å². The van der Waals surface area contributed by atoms with Crippen molar-refractivity contribution >= 4 is 17.5 Å². The van der Waals surface area contributed by atoms with Crippen LogP contribution in [0.5, 0.6) is 0 Å². The summed E-state index contributed by atoms with van der Waals surface area (Å²) in [5.74, 6) is 0.119. The molecule has 2 fully saturated rings. The molecule has 0 bridgehead atoms. The number of halogens is 1. The Kier molecular flexibility index (Phi) is 5.24. The molecule has 0 saturated carbocycles. The molecule has 6 heteroatoms. The smallest absolute Gasteiger partial charge is 0.219 e. The Balaban J connectivity index is 1.71. The minimum absolute atomic E-state index is 0.0521. The topological polar surface area (TPSA) is 36.0 Å². The molecule has 0 aliphatic carbocycles. The molecule has 0 N–H and O–H groups in total. The van der Waals surface area contributed by atoms with Gasteiger partial charge in [-0.1, -0.05) is 0 Å². The number of piperazine rings is 1. The standard InChI is InChI=1S/C12H22ClN3O2/c1-11(17)16-5-4-15(12(13)10-16)3-2-14-6-8-18-9-7-14/h12H,2-10H2,1H3. The van der Waals surface area contributed by atoms with Crippen LogP contribution in [0.15, 0.2) is 0 Å². The molecule has 2 rings (SSSR count). The van der Waals surface area contributed by atoms with Crippen molar-refractivity contribution in [3.8, 4) is 0 Å². The van der Waals surface area contributed by atoms with Crippen LogP contribution in [0.4, 0.5) is 0 Å². The predicted octanol–water partition coefficient (Wildman–Crippen LogP) is 0.0476. The highest BCUT2D eigenvalue weighted by Gasteiger charge is 2.26. The summed E-state index contributed by atoms with van der Waals surface area (Å²) in [6.07, 6.45) is 0. The van der Waals surface area contributed by atoms with Gasteiger partial charge in [0.2, 0.25) is 5.91 Å². The van der Waals surface area contributed by atoms with E-state index in [1.54, 1.807) is 6.92 Å². The third kappa shape index (κ3) is 3.82. The lowest BCUT2D eigenvalue weighted by Gasteiger charge is -2.39. The largest absolute Gasteiger partial charge is 0.379 e. The SMILES string of the molecule is CC(=O)N1CCN(CCN2CCOCC2)C(Cl)C1. The fraction of sp³-hybridized carbons (Fsp3) is 0.917. The molecule has 1 atom stereocenters. The highest BCUT2D eigenvalue weighted by Crippen LogP contribution is 2.13. The Morgan fingerprint density at radius 2 is 1.94 bits per heavy atom. The first-order valence-electron chi connectivity index (χ1n) is 6.60. The average Bonchev–Trinajstić information content (AvgIpc) is 2.38. The minimum atomic E-state index is -0.0521. The van der Waals surface area contributed by atoms with Crippen molar-refractivity contribution in [2.24, 2.45) is 0 Å². The molecule has 1 amide bonds. The molecular weight excluding hydrogens is 254 g/mol. The van der Waals surface area contributed by atoms with Crippen molar-refractivity contribution < 1.29 is 9.53 Å². The van der Waals surface area contributed by atoms with Gasteiger partial charge in [-0.15, -0.1) is 11.6 Å². The van der Waals surface area contributed by atoms with E-state index in [1.165, 1.54) is 0 Å². The van der Waals surface area contributed by atoms with E-state index in [0.717, 1.165) is 52.5 Å². The van der Waals surface area contributed by atoms with Crippen molar-refractivity contribution in [2.75, 3.05) is 59.0 Å². The highest BCUT2D eigenvalue weighted by atomic mass is 35.5. The normalized spacial score (nSPS) is 27.4. The third-order valence-electron chi connectivity index (χ3n) is 3.68. The number of nitrogens with zero attached hydrogens (tertiary/aromatic N) is 3. The molecule has 0 radical (unpaired) electrons. The first-order valence-corrected chi connectivity index (χ1v) is 7.04. The number of carbonyl (C=O) groups is 1. The van der Waals surface area contributed by atoms with Crippen LogP contribution in [0, 0.1) is 0 Å². The van der Waals surface area contributed by atoms with Gasteiger partial charge >= 0.3 is 0 Å². The Hall–Kier alpha value is -0.360. The Bertz CT molecular complexity index is 284. The van der Waals surface area contributed by atoms with Crippen molar-refractivity contribution in [3.63, 3.8) is 0 Å². The number of amides is 1. The molecule has 5 nitrogen and oxygen atoms in total. The molecular formula is C12H22ClN3O2. The van der Waals surface area contributed by atoms with Crippen LogP contribution in [0.25, 0.3) is 0 Å². The Morgan fingerprint density at radius 1 is 1.22 bits per heavy atom. The van der Waals surface area contributed by atoms with Crippen LogP contribution in [0.1, 0.15) is 6.92 Å². The van der Waals surface area contributed by atoms with E-state index in [4.69, 9.17) is 16.3 Å². The minimum Gasteiger partial charge on any atom is -0.379 e. The second-order valence-corrected chi connectivity index (χ2v) is 5.39. The first-order chi connectivity index (χ1) is 8.66. The van der Waals surface area contributed by atoms with E-state index in [-0.39, 0.29) is 11.4 Å². The van der Waals surface area contributed by atoms with Crippen molar-refractivity contribution in [1.29, 1.82) is 0 Å². The molecule has 2 aliphatic heterocycles. The molecule has 0 aromatic heterocycles. The average molecular weight is 276 g/mol. The maximum absolute atomic E-state index is 11.3. The summed E-state index contributed by atoms with van der Waals surface area (Å²) in [5.41, 5.74) is -0.0521. The lowest BCUT2D eigenvalue weighted by Crippen LogP contribution is -2.54. The van der Waals surface area contributed by atoms with E-state index in [9.17, 15) is 4.79 Å². The van der Waals surface area contributed by atoms with Crippen LogP contribution in [0.2, 0.25) is 0 Å². The maximum Gasteiger partial charge on any atom is 0.219 e. The molecule has 0 spiro atoms. The summed E-state index contributed by atoms with van der Waals surface area (Å²) in [6, 6.07) is 0. The number of morpholine rings is 1. The maximum atomic E-state index is 11.3. The molecule has 2 saturated heterocycles. The van der Waals surface area contributed by atoms with Gasteiger partial charge in [-0.05, 0) is 0 Å². The van der Waals surface area contributed by atoms with E-state index in [1.807, 2.05) is 4.90 Å². The summed E-state index contributed by atoms with van der Waals surface area (Å²) < 4.78 is 5.33. The Labute approximate surface area is 114 Å². The molecule has 0 aromatic carbocycles. The zero-order valence-corrected chi connectivity index (χ0v) is 11.7. The molecule has 18 heavy (non-hydrogen) atoms. The van der Waals surface area contributed by atoms with E-state index in [0.29, 0.717) is 6.54 Å². The fourth-order valence-electron chi connectivity index (χ4n) is 2.41. The number of rotatable bonds is 3. The van der Waals surface area contributed by atoms with Crippen LogP contribution in [-0.4, -0.2) is 85.1 Å². The molecule has 1 unspecified atom stereocenters. The zero-order valence-electron chi connectivity index (χ0n) is 11.0. The lowest BCUT2D eigenvalue weighted by atomic mass is 10.3. The third-order valence-corrected chi connectivity index (χ3v) is 4.09. The summed E-state index contributed by atoms with van der Waals surface area (Å²) in [4.78, 5) is 17.8. The van der Waals surface area contributed by atoms with Gasteiger partial charge in [-0.3, -0.25) is 14.6 Å². The van der Waals surface area contributed by atoms with Crippen molar-refractivity contribution in [3.05, 3.63) is 0 Å². The molecule has 104 valence electrons. The highest BCUT2D eigenvalue weighted by molar-refractivity contribution is 6.20. The Morgan fingerprint density at radius 3 is 2.56 bits per heavy atom. The quantitative estimate of drug-likeness (QED) is 0.539. The number of hydrogen-bond donors (Lipinski definition) is 0. The van der Waals surface area contributed by atoms with Gasteiger partial charge in [0.25, 0.3) is 0 Å².